The van der Waals surface area contributed by atoms with Gasteiger partial charge in [0.05, 0.1) is 0 Å². The fraction of sp³-hybridized carbons (Fsp3) is 0.929. The van der Waals surface area contributed by atoms with Crippen molar-refractivity contribution in [1.29, 1.82) is 0 Å². The van der Waals surface area contributed by atoms with Crippen LogP contribution in [-0.2, 0) is 9.53 Å². The molecule has 1 aliphatic rings. The molecule has 0 saturated heterocycles. The first kappa shape index (κ1) is 14.7. The highest BCUT2D eigenvalue weighted by Crippen LogP contribution is 2.36. The van der Waals surface area contributed by atoms with Gasteiger partial charge in [-0.05, 0) is 45.4 Å². The Morgan fingerprint density at radius 1 is 1.29 bits per heavy atom. The molecule has 0 amide bonds. The van der Waals surface area contributed by atoms with E-state index < -0.39 is 5.60 Å². The first-order chi connectivity index (χ1) is 7.91. The van der Waals surface area contributed by atoms with E-state index in [1.54, 1.807) is 14.0 Å². The van der Waals surface area contributed by atoms with Crippen molar-refractivity contribution in [3.05, 3.63) is 0 Å². The first-order valence-electron chi connectivity index (χ1n) is 6.73. The van der Waals surface area contributed by atoms with E-state index >= 15 is 0 Å². The molecule has 0 bridgehead atoms. The topological polar surface area (TPSA) is 38.3 Å². The first-order valence-corrected chi connectivity index (χ1v) is 6.73. The Morgan fingerprint density at radius 2 is 1.82 bits per heavy atom. The molecule has 1 rings (SSSR count). The van der Waals surface area contributed by atoms with Gasteiger partial charge < -0.3 is 10.1 Å². The second kappa shape index (κ2) is 5.96. The van der Waals surface area contributed by atoms with Crippen LogP contribution in [0.5, 0.6) is 0 Å². The van der Waals surface area contributed by atoms with Gasteiger partial charge in [-0.25, -0.2) is 0 Å². The number of carbonyl (C=O) groups excluding carboxylic acids is 1. The molecular weight excluding hydrogens is 214 g/mol. The standard InChI is InChI=1S/C14H27NO2/c1-10(2)15-11(3)13-6-8-14(17-5,9-7-13)12(4)16/h10-11,13,15H,6-9H2,1-5H3/t11?,13-,14+. The minimum atomic E-state index is -0.492. The zero-order valence-corrected chi connectivity index (χ0v) is 11.9. The summed E-state index contributed by atoms with van der Waals surface area (Å²) in [6, 6.07) is 1.05. The zero-order valence-electron chi connectivity index (χ0n) is 11.9. The van der Waals surface area contributed by atoms with Gasteiger partial charge in [0.2, 0.25) is 0 Å². The lowest BCUT2D eigenvalue weighted by Crippen LogP contribution is -2.47. The number of carbonyl (C=O) groups is 1. The van der Waals surface area contributed by atoms with Gasteiger partial charge in [0.25, 0.3) is 0 Å². The number of ether oxygens (including phenoxy) is 1. The third-order valence-corrected chi connectivity index (χ3v) is 4.17. The second-order valence-electron chi connectivity index (χ2n) is 5.70. The number of ketones is 1. The maximum atomic E-state index is 11.7. The second-order valence-corrected chi connectivity index (χ2v) is 5.70. The molecule has 1 N–H and O–H groups in total. The third-order valence-electron chi connectivity index (χ3n) is 4.17. The van der Waals surface area contributed by atoms with Crippen molar-refractivity contribution in [1.82, 2.24) is 5.32 Å². The molecule has 0 spiro atoms. The maximum absolute atomic E-state index is 11.7. The normalized spacial score (nSPS) is 31.5. The van der Waals surface area contributed by atoms with Gasteiger partial charge in [-0.2, -0.15) is 0 Å². The average Bonchev–Trinajstić information content (AvgIpc) is 2.28. The SMILES string of the molecule is CO[C@]1(C(C)=O)CC[C@H](C(C)NC(C)C)CC1. The van der Waals surface area contributed by atoms with Crippen LogP contribution in [0.1, 0.15) is 53.4 Å². The minimum Gasteiger partial charge on any atom is -0.370 e. The molecule has 0 aliphatic heterocycles. The predicted octanol–water partition coefficient (Wildman–Crippen LogP) is 2.54. The molecule has 1 atom stereocenters. The van der Waals surface area contributed by atoms with Gasteiger partial charge in [0.15, 0.2) is 5.78 Å². The van der Waals surface area contributed by atoms with Crippen molar-refractivity contribution in [2.75, 3.05) is 7.11 Å². The van der Waals surface area contributed by atoms with Crippen molar-refractivity contribution in [2.24, 2.45) is 5.92 Å². The molecule has 1 saturated carbocycles. The molecular formula is C14H27NO2. The number of nitrogens with one attached hydrogen (secondary N) is 1. The van der Waals surface area contributed by atoms with Crippen molar-refractivity contribution >= 4 is 5.78 Å². The summed E-state index contributed by atoms with van der Waals surface area (Å²) >= 11 is 0. The van der Waals surface area contributed by atoms with E-state index in [1.807, 2.05) is 0 Å². The van der Waals surface area contributed by atoms with Gasteiger partial charge in [0.1, 0.15) is 5.60 Å². The molecule has 0 aromatic heterocycles. The summed E-state index contributed by atoms with van der Waals surface area (Å²) in [5.41, 5.74) is -0.492. The van der Waals surface area contributed by atoms with Crippen LogP contribution in [0, 0.1) is 5.92 Å². The monoisotopic (exact) mass is 241 g/mol. The molecule has 1 unspecified atom stereocenters. The lowest BCUT2D eigenvalue weighted by atomic mass is 9.74. The highest BCUT2D eigenvalue weighted by molar-refractivity contribution is 5.85. The Labute approximate surface area is 105 Å². The van der Waals surface area contributed by atoms with Crippen LogP contribution in [-0.4, -0.2) is 30.6 Å². The van der Waals surface area contributed by atoms with Crippen LogP contribution >= 0.6 is 0 Å². The Bertz CT molecular complexity index is 255. The number of rotatable bonds is 5. The van der Waals surface area contributed by atoms with Crippen LogP contribution in [0.4, 0.5) is 0 Å². The molecule has 1 fully saturated rings. The van der Waals surface area contributed by atoms with E-state index in [2.05, 4.69) is 26.1 Å². The molecule has 100 valence electrons. The van der Waals surface area contributed by atoms with Crippen molar-refractivity contribution in [2.45, 2.75) is 71.1 Å². The summed E-state index contributed by atoms with van der Waals surface area (Å²) in [7, 11) is 1.66. The van der Waals surface area contributed by atoms with E-state index in [4.69, 9.17) is 4.74 Å². The highest BCUT2D eigenvalue weighted by atomic mass is 16.5. The predicted molar refractivity (Wildman–Crippen MR) is 70.1 cm³/mol. The van der Waals surface area contributed by atoms with Crippen LogP contribution in [0.2, 0.25) is 0 Å². The number of hydrogen-bond acceptors (Lipinski definition) is 3. The Hall–Kier alpha value is -0.410. The van der Waals surface area contributed by atoms with Crippen LogP contribution in [0.25, 0.3) is 0 Å². The fourth-order valence-electron chi connectivity index (χ4n) is 2.97. The summed E-state index contributed by atoms with van der Waals surface area (Å²) in [4.78, 5) is 11.7. The number of Topliss-reactive ketones (excluding diaryl/α,β-unsaturated/α-hetero) is 1. The van der Waals surface area contributed by atoms with Crippen LogP contribution in [0.3, 0.4) is 0 Å². The Morgan fingerprint density at radius 3 is 2.18 bits per heavy atom. The van der Waals surface area contributed by atoms with E-state index in [0.29, 0.717) is 18.0 Å². The minimum absolute atomic E-state index is 0.183. The van der Waals surface area contributed by atoms with E-state index in [0.717, 1.165) is 25.7 Å². The maximum Gasteiger partial charge on any atom is 0.161 e. The average molecular weight is 241 g/mol. The molecule has 0 aromatic rings. The fourth-order valence-corrected chi connectivity index (χ4v) is 2.97. The summed E-state index contributed by atoms with van der Waals surface area (Å²) in [6.45, 7) is 8.25. The van der Waals surface area contributed by atoms with E-state index in [9.17, 15) is 4.79 Å². The lowest BCUT2D eigenvalue weighted by Gasteiger charge is -2.39. The third kappa shape index (κ3) is 3.52. The zero-order chi connectivity index (χ0) is 13.1. The number of hydrogen-bond donors (Lipinski definition) is 1. The molecule has 17 heavy (non-hydrogen) atoms. The molecule has 0 radical (unpaired) electrons. The summed E-state index contributed by atoms with van der Waals surface area (Å²) in [5.74, 6) is 0.850. The van der Waals surface area contributed by atoms with Gasteiger partial charge in [0, 0.05) is 19.2 Å². The van der Waals surface area contributed by atoms with Crippen LogP contribution in [0.15, 0.2) is 0 Å². The van der Waals surface area contributed by atoms with Gasteiger partial charge in [-0.3, -0.25) is 4.79 Å². The summed E-state index contributed by atoms with van der Waals surface area (Å²) < 4.78 is 5.48. The molecule has 0 aromatic carbocycles. The van der Waals surface area contributed by atoms with Crippen LogP contribution < -0.4 is 5.32 Å². The van der Waals surface area contributed by atoms with Gasteiger partial charge in [-0.1, -0.05) is 13.8 Å². The van der Waals surface area contributed by atoms with Crippen molar-refractivity contribution < 1.29 is 9.53 Å². The summed E-state index contributed by atoms with van der Waals surface area (Å²) in [6.07, 6.45) is 3.89. The molecule has 3 heteroatoms. The Kier molecular flexibility index (Phi) is 5.14. The number of methoxy groups -OCH3 is 1. The smallest absolute Gasteiger partial charge is 0.161 e. The largest absolute Gasteiger partial charge is 0.370 e. The molecule has 3 nitrogen and oxygen atoms in total. The van der Waals surface area contributed by atoms with Crippen molar-refractivity contribution in [3.63, 3.8) is 0 Å². The highest BCUT2D eigenvalue weighted by Gasteiger charge is 2.40. The van der Waals surface area contributed by atoms with Gasteiger partial charge in [-0.15, -0.1) is 0 Å². The quantitative estimate of drug-likeness (QED) is 0.804. The summed E-state index contributed by atoms with van der Waals surface area (Å²) in [5, 5.41) is 3.56. The molecule has 1 aliphatic carbocycles. The van der Waals surface area contributed by atoms with E-state index in [1.165, 1.54) is 0 Å². The lowest BCUT2D eigenvalue weighted by molar-refractivity contribution is -0.144. The Balaban J connectivity index is 2.52. The van der Waals surface area contributed by atoms with Gasteiger partial charge >= 0.3 is 0 Å². The van der Waals surface area contributed by atoms with Crippen molar-refractivity contribution in [3.8, 4) is 0 Å². The molecule has 0 heterocycles. The van der Waals surface area contributed by atoms with E-state index in [-0.39, 0.29) is 5.78 Å².